The van der Waals surface area contributed by atoms with E-state index in [1.807, 2.05) is 37.6 Å². The number of carbonyl (C=O) groups is 1. The lowest BCUT2D eigenvalue weighted by molar-refractivity contribution is 0.0913. The second kappa shape index (κ2) is 4.94. The first-order valence-corrected chi connectivity index (χ1v) is 8.32. The summed E-state index contributed by atoms with van der Waals surface area (Å²) in [5.41, 5.74) is 4.08. The molecule has 2 atom stereocenters. The second-order valence-corrected chi connectivity index (χ2v) is 7.79. The summed E-state index contributed by atoms with van der Waals surface area (Å²) >= 11 is 0. The zero-order valence-corrected chi connectivity index (χ0v) is 14.1. The molecule has 1 aromatic carbocycles. The summed E-state index contributed by atoms with van der Waals surface area (Å²) < 4.78 is 1.91. The summed E-state index contributed by atoms with van der Waals surface area (Å²) in [4.78, 5) is 12.7. The minimum atomic E-state index is -0.288. The molecule has 5 nitrogen and oxygen atoms in total. The zero-order chi connectivity index (χ0) is 17.1. The molecular formula is C19H20N4O. The molecule has 0 unspecified atom stereocenters. The minimum absolute atomic E-state index is 0.104. The average molecular weight is 320 g/mol. The fourth-order valence-electron chi connectivity index (χ4n) is 3.57. The molecule has 2 aromatic rings. The Bertz CT molecular complexity index is 864. The van der Waals surface area contributed by atoms with E-state index in [2.05, 4.69) is 16.5 Å². The van der Waals surface area contributed by atoms with E-state index in [9.17, 15) is 4.79 Å². The average Bonchev–Trinajstić information content (AvgIpc) is 3.02. The molecule has 5 heteroatoms. The zero-order valence-electron chi connectivity index (χ0n) is 14.1. The number of hydrogen-bond acceptors (Lipinski definition) is 3. The first-order chi connectivity index (χ1) is 11.4. The van der Waals surface area contributed by atoms with Gasteiger partial charge in [0, 0.05) is 17.0 Å². The van der Waals surface area contributed by atoms with Gasteiger partial charge >= 0.3 is 0 Å². The Morgan fingerprint density at radius 2 is 2.04 bits per heavy atom. The molecule has 1 heterocycles. The SMILES string of the molecule is CC(C)(C)NC(=O)c1nn(-c2ccc(C#N)cc2)c2c1C[C@H]1C[C@@H]21. The van der Waals surface area contributed by atoms with E-state index in [1.165, 1.54) is 12.1 Å². The molecule has 0 saturated heterocycles. The quantitative estimate of drug-likeness (QED) is 0.925. The maximum absolute atomic E-state index is 12.7. The molecular weight excluding hydrogens is 300 g/mol. The Kier molecular flexibility index (Phi) is 3.08. The van der Waals surface area contributed by atoms with Gasteiger partial charge in [-0.05, 0) is 63.8 Å². The predicted molar refractivity (Wildman–Crippen MR) is 90.1 cm³/mol. The van der Waals surface area contributed by atoms with Gasteiger partial charge in [0.05, 0.1) is 23.0 Å². The van der Waals surface area contributed by atoms with Gasteiger partial charge in [-0.25, -0.2) is 4.68 Å². The van der Waals surface area contributed by atoms with Gasteiger partial charge < -0.3 is 5.32 Å². The van der Waals surface area contributed by atoms with Crippen LogP contribution in [0.25, 0.3) is 5.69 Å². The molecule has 1 fully saturated rings. The van der Waals surface area contributed by atoms with Crippen LogP contribution in [-0.4, -0.2) is 21.2 Å². The van der Waals surface area contributed by atoms with E-state index < -0.39 is 0 Å². The molecule has 24 heavy (non-hydrogen) atoms. The van der Waals surface area contributed by atoms with Crippen molar-refractivity contribution >= 4 is 5.91 Å². The Balaban J connectivity index is 1.77. The minimum Gasteiger partial charge on any atom is -0.346 e. The molecule has 0 spiro atoms. The summed E-state index contributed by atoms with van der Waals surface area (Å²) in [6.07, 6.45) is 2.14. The normalized spacial score (nSPS) is 20.9. The van der Waals surface area contributed by atoms with Gasteiger partial charge in [-0.1, -0.05) is 0 Å². The molecule has 0 radical (unpaired) electrons. The third-order valence-corrected chi connectivity index (χ3v) is 4.71. The van der Waals surface area contributed by atoms with Crippen molar-refractivity contribution in [1.82, 2.24) is 15.1 Å². The molecule has 4 rings (SSSR count). The van der Waals surface area contributed by atoms with Gasteiger partial charge in [0.2, 0.25) is 0 Å². The lowest BCUT2D eigenvalue weighted by Crippen LogP contribution is -2.41. The summed E-state index contributed by atoms with van der Waals surface area (Å²) in [5.74, 6) is 1.09. The van der Waals surface area contributed by atoms with Crippen LogP contribution in [0.1, 0.15) is 60.4 Å². The Morgan fingerprint density at radius 3 is 2.67 bits per heavy atom. The molecule has 2 aliphatic carbocycles. The Morgan fingerprint density at radius 1 is 1.33 bits per heavy atom. The highest BCUT2D eigenvalue weighted by atomic mass is 16.2. The van der Waals surface area contributed by atoms with Crippen molar-refractivity contribution in [3.63, 3.8) is 0 Å². The highest BCUT2D eigenvalue weighted by molar-refractivity contribution is 5.95. The predicted octanol–water partition coefficient (Wildman–Crippen LogP) is 2.93. The van der Waals surface area contributed by atoms with Crippen molar-refractivity contribution in [2.24, 2.45) is 5.92 Å². The molecule has 1 N–H and O–H groups in total. The lowest BCUT2D eigenvalue weighted by atomic mass is 10.1. The van der Waals surface area contributed by atoms with E-state index in [1.54, 1.807) is 12.1 Å². The van der Waals surface area contributed by atoms with Crippen LogP contribution in [0.3, 0.4) is 0 Å². The molecule has 1 amide bonds. The number of nitrogens with zero attached hydrogens (tertiary/aromatic N) is 3. The molecule has 0 bridgehead atoms. The topological polar surface area (TPSA) is 70.7 Å². The molecule has 0 aliphatic heterocycles. The number of carbonyl (C=O) groups excluding carboxylic acids is 1. The van der Waals surface area contributed by atoms with Crippen molar-refractivity contribution < 1.29 is 4.79 Å². The van der Waals surface area contributed by atoms with Crippen LogP contribution < -0.4 is 5.32 Å². The smallest absolute Gasteiger partial charge is 0.272 e. The van der Waals surface area contributed by atoms with Gasteiger partial charge in [0.1, 0.15) is 0 Å². The molecule has 2 aliphatic rings. The second-order valence-electron chi connectivity index (χ2n) is 7.79. The van der Waals surface area contributed by atoms with Gasteiger partial charge in [-0.3, -0.25) is 4.79 Å². The van der Waals surface area contributed by atoms with Crippen LogP contribution in [0, 0.1) is 17.2 Å². The first-order valence-electron chi connectivity index (χ1n) is 8.32. The van der Waals surface area contributed by atoms with Crippen LogP contribution in [0.15, 0.2) is 24.3 Å². The summed E-state index contributed by atoms with van der Waals surface area (Å²) in [7, 11) is 0. The van der Waals surface area contributed by atoms with Crippen molar-refractivity contribution in [1.29, 1.82) is 5.26 Å². The molecule has 122 valence electrons. The van der Waals surface area contributed by atoms with E-state index in [0.29, 0.717) is 23.1 Å². The van der Waals surface area contributed by atoms with Crippen LogP contribution in [0.2, 0.25) is 0 Å². The van der Waals surface area contributed by atoms with E-state index >= 15 is 0 Å². The number of nitriles is 1. The van der Waals surface area contributed by atoms with Crippen LogP contribution in [-0.2, 0) is 6.42 Å². The van der Waals surface area contributed by atoms with Gasteiger partial charge in [-0.15, -0.1) is 0 Å². The third kappa shape index (κ3) is 2.39. The molecule has 1 saturated carbocycles. The van der Waals surface area contributed by atoms with Crippen molar-refractivity contribution in [2.75, 3.05) is 0 Å². The molecule has 1 aromatic heterocycles. The highest BCUT2D eigenvalue weighted by Crippen LogP contribution is 2.57. The van der Waals surface area contributed by atoms with Gasteiger partial charge in [0.25, 0.3) is 5.91 Å². The number of aromatic nitrogens is 2. The maximum Gasteiger partial charge on any atom is 0.272 e. The summed E-state index contributed by atoms with van der Waals surface area (Å²) in [5, 5.41) is 16.6. The number of hydrogen-bond donors (Lipinski definition) is 1. The van der Waals surface area contributed by atoms with Crippen molar-refractivity contribution in [3.8, 4) is 11.8 Å². The van der Waals surface area contributed by atoms with Crippen LogP contribution in [0.5, 0.6) is 0 Å². The fourth-order valence-corrected chi connectivity index (χ4v) is 3.57. The van der Waals surface area contributed by atoms with E-state index in [-0.39, 0.29) is 11.4 Å². The fraction of sp³-hybridized carbons (Fsp3) is 0.421. The number of fused-ring (bicyclic) bond motifs is 3. The highest BCUT2D eigenvalue weighted by Gasteiger charge is 2.50. The summed E-state index contributed by atoms with van der Waals surface area (Å²) in [6.45, 7) is 5.92. The van der Waals surface area contributed by atoms with Crippen molar-refractivity contribution in [2.45, 2.75) is 45.1 Å². The standard InChI is InChI=1S/C19H20N4O/c1-19(2,3)21-18(24)16-15-9-12-8-14(12)17(15)23(22-16)13-6-4-11(10-20)5-7-13/h4-7,12,14H,8-9H2,1-3H3,(H,21,24)/t12-,14-/m1/s1. The monoisotopic (exact) mass is 320 g/mol. The number of nitrogens with one attached hydrogen (secondary N) is 1. The first kappa shape index (κ1) is 14.9. The third-order valence-electron chi connectivity index (χ3n) is 4.71. The Hall–Kier alpha value is -2.61. The number of benzene rings is 1. The van der Waals surface area contributed by atoms with E-state index in [4.69, 9.17) is 5.26 Å². The Labute approximate surface area is 141 Å². The van der Waals surface area contributed by atoms with Crippen LogP contribution >= 0.6 is 0 Å². The van der Waals surface area contributed by atoms with Gasteiger partial charge in [-0.2, -0.15) is 10.4 Å². The summed E-state index contributed by atoms with van der Waals surface area (Å²) in [6, 6.07) is 9.50. The maximum atomic E-state index is 12.7. The number of amides is 1. The van der Waals surface area contributed by atoms with Crippen molar-refractivity contribution in [3.05, 3.63) is 46.8 Å². The number of rotatable bonds is 2. The lowest BCUT2D eigenvalue weighted by Gasteiger charge is -2.20. The van der Waals surface area contributed by atoms with Gasteiger partial charge in [0.15, 0.2) is 5.69 Å². The van der Waals surface area contributed by atoms with Crippen LogP contribution in [0.4, 0.5) is 0 Å². The van der Waals surface area contributed by atoms with E-state index in [0.717, 1.165) is 17.7 Å². The largest absolute Gasteiger partial charge is 0.346 e.